The summed E-state index contributed by atoms with van der Waals surface area (Å²) in [5.41, 5.74) is 0. The van der Waals surface area contributed by atoms with Crippen LogP contribution >= 0.6 is 0 Å². The number of aliphatic hydroxyl groups excluding tert-OH is 1. The molecule has 0 atom stereocenters. The maximum absolute atomic E-state index is 9.12. The van der Waals surface area contributed by atoms with Crippen molar-refractivity contribution in [2.75, 3.05) is 6.61 Å². The molecule has 0 fully saturated rings. The standard InChI is InChI=1S/2C4H9.C3H6.C2H4O3.Sn/c2*1-3-4-2;1-3-2;3-1-2(4)5;/h2*1,3-4H2,2H3;3H,1H2,2H3;3H,1H2,(H,4,5);. The zero-order valence-electron chi connectivity index (χ0n) is 11.5. The Bertz CT molecular complexity index is 144. The van der Waals surface area contributed by atoms with Gasteiger partial charge in [-0.15, -0.1) is 6.58 Å². The maximum Gasteiger partial charge on any atom is 0.329 e. The number of aliphatic hydroxyl groups is 1. The molecule has 0 aliphatic heterocycles. The fourth-order valence-electron chi connectivity index (χ4n) is 0.729. The Morgan fingerprint density at radius 3 is 1.71 bits per heavy atom. The molecular weight excluding hydrogens is 323 g/mol. The third-order valence-electron chi connectivity index (χ3n) is 1.55. The topological polar surface area (TPSA) is 57.5 Å². The average Bonchev–Trinajstić information content (AvgIpc) is 2.31. The molecule has 2 radical (unpaired) electrons. The first-order valence-corrected chi connectivity index (χ1v) is 10.2. The molecule has 102 valence electrons. The van der Waals surface area contributed by atoms with Gasteiger partial charge in [0.15, 0.2) is 0 Å². The monoisotopic (exact) mass is 352 g/mol. The van der Waals surface area contributed by atoms with Crippen LogP contribution in [0.4, 0.5) is 0 Å². The van der Waals surface area contributed by atoms with Crippen molar-refractivity contribution in [2.45, 2.75) is 55.3 Å². The number of hydrogen-bond acceptors (Lipinski definition) is 2. The molecule has 0 aromatic heterocycles. The third-order valence-corrected chi connectivity index (χ3v) is 5.59. The van der Waals surface area contributed by atoms with Crippen LogP contribution in [0.2, 0.25) is 8.87 Å². The number of carboxylic acid groups (broad SMARTS) is 1. The van der Waals surface area contributed by atoms with E-state index >= 15 is 0 Å². The molecule has 0 bridgehead atoms. The second kappa shape index (κ2) is 25.0. The van der Waals surface area contributed by atoms with Gasteiger partial charge in [0.05, 0.1) is 0 Å². The summed E-state index contributed by atoms with van der Waals surface area (Å²) in [5, 5.41) is 15.0. The van der Waals surface area contributed by atoms with Crippen LogP contribution in [0.5, 0.6) is 0 Å². The van der Waals surface area contributed by atoms with Gasteiger partial charge in [-0.1, -0.05) is 6.08 Å². The van der Waals surface area contributed by atoms with Gasteiger partial charge in [0.1, 0.15) is 6.61 Å². The molecule has 0 aromatic carbocycles. The zero-order valence-corrected chi connectivity index (χ0v) is 14.4. The van der Waals surface area contributed by atoms with Crippen molar-refractivity contribution in [3.63, 3.8) is 0 Å². The van der Waals surface area contributed by atoms with E-state index in [1.165, 1.54) is 25.7 Å². The Morgan fingerprint density at radius 1 is 1.24 bits per heavy atom. The molecule has 0 aliphatic rings. The molecule has 0 heterocycles. The summed E-state index contributed by atoms with van der Waals surface area (Å²) in [4.78, 5) is 9.12. The normalized spacial score (nSPS) is 8.24. The van der Waals surface area contributed by atoms with Crippen LogP contribution in [-0.2, 0) is 4.79 Å². The largest absolute Gasteiger partial charge is 0.480 e. The Labute approximate surface area is 117 Å². The van der Waals surface area contributed by atoms with Crippen molar-refractivity contribution in [2.24, 2.45) is 0 Å². The van der Waals surface area contributed by atoms with Crippen LogP contribution in [0.3, 0.4) is 0 Å². The summed E-state index contributed by atoms with van der Waals surface area (Å²) < 4.78 is 3.25. The van der Waals surface area contributed by atoms with Crippen molar-refractivity contribution in [3.8, 4) is 0 Å². The van der Waals surface area contributed by atoms with Gasteiger partial charge in [-0.2, -0.15) is 0 Å². The van der Waals surface area contributed by atoms with Gasteiger partial charge in [0.2, 0.25) is 0 Å². The summed E-state index contributed by atoms with van der Waals surface area (Å²) in [7, 11) is 0. The van der Waals surface area contributed by atoms with Crippen LogP contribution in [0, 0.1) is 0 Å². The summed E-state index contributed by atoms with van der Waals surface area (Å²) in [6.07, 6.45) is 7.59. The predicted octanol–water partition coefficient (Wildman–Crippen LogP) is 3.38. The molecule has 0 saturated carbocycles. The molecule has 0 saturated heterocycles. The number of hydrogen-bond donors (Lipinski definition) is 2. The number of carbonyl (C=O) groups is 1. The van der Waals surface area contributed by atoms with Gasteiger partial charge >= 0.3 is 75.5 Å². The van der Waals surface area contributed by atoms with E-state index in [2.05, 4.69) is 20.4 Å². The molecule has 0 amide bonds. The van der Waals surface area contributed by atoms with Crippen LogP contribution in [0.1, 0.15) is 46.5 Å². The van der Waals surface area contributed by atoms with E-state index in [1.54, 1.807) is 14.9 Å². The SMILES string of the molecule is C=CC.CCC[CH2][Sn][CH2]CCC.O=C(O)CO. The van der Waals surface area contributed by atoms with Crippen LogP contribution in [-0.4, -0.2) is 43.9 Å². The molecule has 0 aromatic rings. The minimum atomic E-state index is -1.19. The third kappa shape index (κ3) is 49.1. The number of allylic oxidation sites excluding steroid dienone is 1. The smallest absolute Gasteiger partial charge is 0.329 e. The van der Waals surface area contributed by atoms with E-state index in [4.69, 9.17) is 15.0 Å². The van der Waals surface area contributed by atoms with Crippen molar-refractivity contribution in [1.29, 1.82) is 0 Å². The molecule has 0 aliphatic carbocycles. The minimum Gasteiger partial charge on any atom is -0.480 e. The van der Waals surface area contributed by atoms with Crippen molar-refractivity contribution in [3.05, 3.63) is 12.7 Å². The first-order chi connectivity index (χ1) is 8.10. The molecular formula is C13H28O3Sn. The second-order valence-corrected chi connectivity index (χ2v) is 7.70. The summed E-state index contributed by atoms with van der Waals surface area (Å²) in [6, 6.07) is 0. The predicted molar refractivity (Wildman–Crippen MR) is 75.8 cm³/mol. The fourth-order valence-corrected chi connectivity index (χ4v) is 4.89. The van der Waals surface area contributed by atoms with E-state index in [9.17, 15) is 0 Å². The van der Waals surface area contributed by atoms with Gasteiger partial charge in [-0.05, 0) is 6.92 Å². The minimum absolute atomic E-state index is 0.149. The Morgan fingerprint density at radius 2 is 1.53 bits per heavy atom. The Kier molecular flexibility index (Phi) is 32.6. The van der Waals surface area contributed by atoms with Crippen molar-refractivity contribution in [1.82, 2.24) is 0 Å². The first-order valence-electron chi connectivity index (χ1n) is 6.20. The summed E-state index contributed by atoms with van der Waals surface area (Å²) >= 11 is 0.149. The molecule has 0 rings (SSSR count). The quantitative estimate of drug-likeness (QED) is 0.420. The first kappa shape index (κ1) is 22.2. The Hall–Kier alpha value is -0.0313. The maximum atomic E-state index is 9.12. The van der Waals surface area contributed by atoms with Gasteiger partial charge in [0.25, 0.3) is 0 Å². The molecule has 3 nitrogen and oxygen atoms in total. The van der Waals surface area contributed by atoms with Crippen LogP contribution < -0.4 is 0 Å². The second-order valence-electron chi connectivity index (χ2n) is 3.42. The number of aliphatic carboxylic acids is 1. The van der Waals surface area contributed by atoms with Crippen LogP contribution in [0.25, 0.3) is 0 Å². The fraction of sp³-hybridized carbons (Fsp3) is 0.769. The molecule has 2 N–H and O–H groups in total. The zero-order chi connectivity index (χ0) is 13.9. The van der Waals surface area contributed by atoms with Gasteiger partial charge < -0.3 is 10.2 Å². The van der Waals surface area contributed by atoms with Gasteiger partial charge in [-0.3, -0.25) is 0 Å². The number of rotatable bonds is 7. The van der Waals surface area contributed by atoms with Crippen molar-refractivity contribution < 1.29 is 15.0 Å². The summed E-state index contributed by atoms with van der Waals surface area (Å²) in [6.45, 7) is 9.05. The molecule has 17 heavy (non-hydrogen) atoms. The van der Waals surface area contributed by atoms with Crippen LogP contribution in [0.15, 0.2) is 12.7 Å². The Balaban J connectivity index is -0.000000207. The van der Waals surface area contributed by atoms with E-state index in [1.807, 2.05) is 6.92 Å². The van der Waals surface area contributed by atoms with E-state index < -0.39 is 12.6 Å². The van der Waals surface area contributed by atoms with Gasteiger partial charge in [-0.25, -0.2) is 4.79 Å². The van der Waals surface area contributed by atoms with E-state index in [0.29, 0.717) is 0 Å². The van der Waals surface area contributed by atoms with Gasteiger partial charge in [0, 0.05) is 0 Å². The molecule has 0 spiro atoms. The number of unbranched alkanes of at least 4 members (excludes halogenated alkanes) is 2. The molecule has 4 heteroatoms. The number of carboxylic acids is 1. The average molecular weight is 351 g/mol. The van der Waals surface area contributed by atoms with E-state index in [0.717, 1.165) is 0 Å². The molecule has 0 unspecified atom stereocenters. The van der Waals surface area contributed by atoms with E-state index in [-0.39, 0.29) is 21.1 Å². The van der Waals surface area contributed by atoms with Crippen molar-refractivity contribution >= 4 is 27.1 Å². The summed E-state index contributed by atoms with van der Waals surface area (Å²) in [5.74, 6) is -1.19.